The molecular formula is C14H21ClN2O. The third-order valence-electron chi connectivity index (χ3n) is 3.61. The summed E-state index contributed by atoms with van der Waals surface area (Å²) < 4.78 is 0. The van der Waals surface area contributed by atoms with Gasteiger partial charge in [-0.15, -0.1) is 12.4 Å². The van der Waals surface area contributed by atoms with Crippen molar-refractivity contribution in [3.8, 4) is 0 Å². The van der Waals surface area contributed by atoms with Gasteiger partial charge in [-0.2, -0.15) is 0 Å². The molecule has 0 saturated heterocycles. The van der Waals surface area contributed by atoms with Gasteiger partial charge < -0.3 is 11.1 Å². The zero-order valence-corrected chi connectivity index (χ0v) is 11.7. The highest BCUT2D eigenvalue weighted by molar-refractivity contribution is 5.96. The van der Waals surface area contributed by atoms with Crippen LogP contribution in [0.1, 0.15) is 34.3 Å². The Hall–Kier alpha value is -1.06. The Bertz CT molecular complexity index is 430. The van der Waals surface area contributed by atoms with Crippen LogP contribution in [-0.4, -0.2) is 18.5 Å². The maximum atomic E-state index is 12.2. The number of carbonyl (C=O) groups is 1. The predicted molar refractivity (Wildman–Crippen MR) is 76.2 cm³/mol. The number of benzene rings is 1. The van der Waals surface area contributed by atoms with Crippen molar-refractivity contribution in [3.05, 3.63) is 34.9 Å². The molecule has 3 N–H and O–H groups in total. The van der Waals surface area contributed by atoms with Crippen molar-refractivity contribution >= 4 is 18.3 Å². The molecule has 0 radical (unpaired) electrons. The van der Waals surface area contributed by atoms with Gasteiger partial charge in [0.05, 0.1) is 0 Å². The van der Waals surface area contributed by atoms with Crippen LogP contribution in [0, 0.1) is 19.8 Å². The molecule has 0 aromatic heterocycles. The summed E-state index contributed by atoms with van der Waals surface area (Å²) in [6, 6.07) is 5.96. The second kappa shape index (κ2) is 6.21. The van der Waals surface area contributed by atoms with E-state index in [0.29, 0.717) is 12.5 Å². The fourth-order valence-electron chi connectivity index (χ4n) is 2.11. The lowest BCUT2D eigenvalue weighted by Gasteiger charge is -2.17. The number of carbonyl (C=O) groups excluding carboxylic acids is 1. The molecule has 1 aliphatic rings. The number of nitrogens with one attached hydrogen (secondary N) is 1. The van der Waals surface area contributed by atoms with Crippen molar-refractivity contribution < 1.29 is 4.79 Å². The standard InChI is InChI=1S/C14H20N2O.ClH/c1-9-4-3-5-12(10(9)2)14(17)16-13(8-15)11-6-7-11;/h3-5,11,13H,6-8,15H2,1-2H3,(H,16,17);1H. The summed E-state index contributed by atoms with van der Waals surface area (Å²) in [5, 5.41) is 3.05. The Morgan fingerprint density at radius 2 is 2.11 bits per heavy atom. The number of aryl methyl sites for hydroxylation is 1. The molecule has 4 heteroatoms. The van der Waals surface area contributed by atoms with Crippen molar-refractivity contribution in [1.29, 1.82) is 0 Å². The molecule has 3 nitrogen and oxygen atoms in total. The quantitative estimate of drug-likeness (QED) is 0.880. The SMILES string of the molecule is Cc1cccc(C(=O)NC(CN)C2CC2)c1C.Cl. The summed E-state index contributed by atoms with van der Waals surface area (Å²) in [5.41, 5.74) is 8.66. The Morgan fingerprint density at radius 1 is 1.44 bits per heavy atom. The summed E-state index contributed by atoms with van der Waals surface area (Å²) >= 11 is 0. The highest BCUT2D eigenvalue weighted by Crippen LogP contribution is 2.32. The Balaban J connectivity index is 0.00000162. The summed E-state index contributed by atoms with van der Waals surface area (Å²) in [6.07, 6.45) is 2.38. The molecule has 18 heavy (non-hydrogen) atoms. The normalized spacial score (nSPS) is 15.7. The van der Waals surface area contributed by atoms with Crippen molar-refractivity contribution in [3.63, 3.8) is 0 Å². The van der Waals surface area contributed by atoms with Gasteiger partial charge in [0.1, 0.15) is 0 Å². The minimum Gasteiger partial charge on any atom is -0.348 e. The first-order valence-electron chi connectivity index (χ1n) is 6.20. The molecule has 100 valence electrons. The Kier molecular flexibility index (Phi) is 5.17. The average molecular weight is 269 g/mol. The van der Waals surface area contributed by atoms with Crippen LogP contribution < -0.4 is 11.1 Å². The molecule has 1 amide bonds. The molecule has 0 bridgehead atoms. The molecular weight excluding hydrogens is 248 g/mol. The molecule has 1 unspecified atom stereocenters. The third kappa shape index (κ3) is 3.24. The fourth-order valence-corrected chi connectivity index (χ4v) is 2.11. The number of amides is 1. The van der Waals surface area contributed by atoms with E-state index in [1.165, 1.54) is 12.8 Å². The van der Waals surface area contributed by atoms with Crippen LogP contribution in [-0.2, 0) is 0 Å². The molecule has 1 atom stereocenters. The first kappa shape index (κ1) is 15.0. The van der Waals surface area contributed by atoms with E-state index in [1.54, 1.807) is 0 Å². The lowest BCUT2D eigenvalue weighted by atomic mass is 10.0. The van der Waals surface area contributed by atoms with E-state index in [-0.39, 0.29) is 24.4 Å². The van der Waals surface area contributed by atoms with Gasteiger partial charge in [-0.05, 0) is 49.8 Å². The first-order valence-corrected chi connectivity index (χ1v) is 6.20. The minimum atomic E-state index is 0. The zero-order valence-electron chi connectivity index (χ0n) is 10.9. The molecule has 0 spiro atoms. The largest absolute Gasteiger partial charge is 0.348 e. The van der Waals surface area contributed by atoms with Gasteiger partial charge in [-0.1, -0.05) is 12.1 Å². The molecule has 1 fully saturated rings. The number of nitrogens with two attached hydrogens (primary N) is 1. The van der Waals surface area contributed by atoms with Gasteiger partial charge in [0.15, 0.2) is 0 Å². The number of hydrogen-bond acceptors (Lipinski definition) is 2. The van der Waals surface area contributed by atoms with Gasteiger partial charge in [0.2, 0.25) is 0 Å². The van der Waals surface area contributed by atoms with Crippen molar-refractivity contribution in [2.45, 2.75) is 32.7 Å². The zero-order chi connectivity index (χ0) is 12.4. The highest BCUT2D eigenvalue weighted by Gasteiger charge is 2.31. The van der Waals surface area contributed by atoms with Crippen LogP contribution in [0.25, 0.3) is 0 Å². The van der Waals surface area contributed by atoms with Gasteiger partial charge in [-0.25, -0.2) is 0 Å². The smallest absolute Gasteiger partial charge is 0.251 e. The van der Waals surface area contributed by atoms with E-state index < -0.39 is 0 Å². The average Bonchev–Trinajstić information content (AvgIpc) is 3.13. The van der Waals surface area contributed by atoms with Crippen LogP contribution in [0.4, 0.5) is 0 Å². The second-order valence-corrected chi connectivity index (χ2v) is 4.90. The van der Waals surface area contributed by atoms with Crippen LogP contribution >= 0.6 is 12.4 Å². The molecule has 2 rings (SSSR count). The summed E-state index contributed by atoms with van der Waals surface area (Å²) in [6.45, 7) is 4.54. The molecule has 1 saturated carbocycles. The summed E-state index contributed by atoms with van der Waals surface area (Å²) in [4.78, 5) is 12.2. The minimum absolute atomic E-state index is 0. The van der Waals surface area contributed by atoms with Crippen LogP contribution in [0.2, 0.25) is 0 Å². The van der Waals surface area contributed by atoms with Gasteiger partial charge in [-0.3, -0.25) is 4.79 Å². The summed E-state index contributed by atoms with van der Waals surface area (Å²) in [5.74, 6) is 0.600. The van der Waals surface area contributed by atoms with E-state index in [4.69, 9.17) is 5.73 Å². The Morgan fingerprint density at radius 3 is 2.67 bits per heavy atom. The van der Waals surface area contributed by atoms with E-state index in [9.17, 15) is 4.79 Å². The lowest BCUT2D eigenvalue weighted by Crippen LogP contribution is -2.42. The van der Waals surface area contributed by atoms with Crippen molar-refractivity contribution in [1.82, 2.24) is 5.32 Å². The number of rotatable bonds is 4. The Labute approximate surface area is 115 Å². The van der Waals surface area contributed by atoms with Gasteiger partial charge >= 0.3 is 0 Å². The molecule has 1 aromatic carbocycles. The van der Waals surface area contributed by atoms with Crippen molar-refractivity contribution in [2.75, 3.05) is 6.54 Å². The van der Waals surface area contributed by atoms with E-state index in [1.807, 2.05) is 32.0 Å². The van der Waals surface area contributed by atoms with E-state index in [0.717, 1.165) is 16.7 Å². The van der Waals surface area contributed by atoms with Crippen molar-refractivity contribution in [2.24, 2.45) is 11.7 Å². The second-order valence-electron chi connectivity index (χ2n) is 4.90. The maximum Gasteiger partial charge on any atom is 0.251 e. The maximum absolute atomic E-state index is 12.2. The van der Waals surface area contributed by atoms with Crippen LogP contribution in [0.3, 0.4) is 0 Å². The molecule has 0 aliphatic heterocycles. The molecule has 0 heterocycles. The predicted octanol–water partition coefficient (Wildman–Crippen LogP) is 2.19. The number of hydrogen-bond donors (Lipinski definition) is 2. The van der Waals surface area contributed by atoms with Gasteiger partial charge in [0.25, 0.3) is 5.91 Å². The van der Waals surface area contributed by atoms with E-state index in [2.05, 4.69) is 5.32 Å². The van der Waals surface area contributed by atoms with Crippen LogP contribution in [0.15, 0.2) is 18.2 Å². The number of halogens is 1. The first-order chi connectivity index (χ1) is 8.13. The topological polar surface area (TPSA) is 55.1 Å². The van der Waals surface area contributed by atoms with Crippen LogP contribution in [0.5, 0.6) is 0 Å². The van der Waals surface area contributed by atoms with Gasteiger partial charge in [0, 0.05) is 18.2 Å². The third-order valence-corrected chi connectivity index (χ3v) is 3.61. The molecule has 1 aromatic rings. The molecule has 1 aliphatic carbocycles. The monoisotopic (exact) mass is 268 g/mol. The lowest BCUT2D eigenvalue weighted by molar-refractivity contribution is 0.0933. The summed E-state index contributed by atoms with van der Waals surface area (Å²) in [7, 11) is 0. The fraction of sp³-hybridized carbons (Fsp3) is 0.500. The highest BCUT2D eigenvalue weighted by atomic mass is 35.5. The van der Waals surface area contributed by atoms with E-state index >= 15 is 0 Å².